The monoisotopic (exact) mass is 247 g/mol. The number of carbonyl (C=O) groups excluding carboxylic acids is 2. The number of carbonyl (C=O) groups is 2. The molecule has 1 aliphatic heterocycles. The predicted octanol–water partition coefficient (Wildman–Crippen LogP) is 1.08. The number of nitro benzene ring substituents is 1. The van der Waals surface area contributed by atoms with Crippen LogP contribution in [0.2, 0.25) is 0 Å². The maximum atomic E-state index is 11.3. The Bertz CT molecular complexity index is 592. The molecule has 0 bridgehead atoms. The van der Waals surface area contributed by atoms with Crippen LogP contribution in [-0.4, -0.2) is 16.9 Å². The molecule has 1 fully saturated rings. The lowest BCUT2D eigenvalue weighted by Crippen LogP contribution is -2.22. The Morgan fingerprint density at radius 3 is 2.56 bits per heavy atom. The van der Waals surface area contributed by atoms with Gasteiger partial charge in [0.2, 0.25) is 0 Å². The van der Waals surface area contributed by atoms with Crippen molar-refractivity contribution in [1.29, 1.82) is 0 Å². The Morgan fingerprint density at radius 2 is 2.00 bits per heavy atom. The van der Waals surface area contributed by atoms with E-state index in [0.717, 1.165) is 0 Å². The summed E-state index contributed by atoms with van der Waals surface area (Å²) in [6.45, 7) is 1.69. The Labute approximate surface area is 102 Å². The average Bonchev–Trinajstić information content (AvgIpc) is 2.60. The van der Waals surface area contributed by atoms with Crippen molar-refractivity contribution < 1.29 is 14.5 Å². The molecular weight excluding hydrogens is 238 g/mol. The Morgan fingerprint density at radius 1 is 1.28 bits per heavy atom. The highest BCUT2D eigenvalue weighted by Crippen LogP contribution is 2.24. The normalized spacial score (nSPS) is 16.6. The van der Waals surface area contributed by atoms with Gasteiger partial charge in [-0.15, -0.1) is 0 Å². The third-order valence-electron chi connectivity index (χ3n) is 2.51. The van der Waals surface area contributed by atoms with E-state index in [1.165, 1.54) is 12.1 Å². The molecule has 1 aromatic rings. The van der Waals surface area contributed by atoms with Gasteiger partial charge in [-0.1, -0.05) is 12.1 Å². The van der Waals surface area contributed by atoms with Crippen molar-refractivity contribution in [2.75, 3.05) is 0 Å². The number of imide groups is 1. The molecule has 0 unspecified atom stereocenters. The summed E-state index contributed by atoms with van der Waals surface area (Å²) in [4.78, 5) is 32.6. The van der Waals surface area contributed by atoms with Gasteiger partial charge in [0.15, 0.2) is 0 Å². The molecule has 2 N–H and O–H groups in total. The molecular formula is C11H9N3O4. The minimum absolute atomic E-state index is 0.00241. The fourth-order valence-electron chi connectivity index (χ4n) is 1.64. The van der Waals surface area contributed by atoms with E-state index in [1.54, 1.807) is 19.1 Å². The van der Waals surface area contributed by atoms with Gasteiger partial charge in [-0.25, -0.2) is 4.79 Å². The van der Waals surface area contributed by atoms with Crippen LogP contribution in [0.1, 0.15) is 11.1 Å². The molecule has 7 nitrogen and oxygen atoms in total. The molecule has 18 heavy (non-hydrogen) atoms. The van der Waals surface area contributed by atoms with E-state index in [1.807, 2.05) is 5.32 Å². The van der Waals surface area contributed by atoms with Gasteiger partial charge in [-0.05, 0) is 18.6 Å². The van der Waals surface area contributed by atoms with Gasteiger partial charge in [0.25, 0.3) is 11.6 Å². The fourth-order valence-corrected chi connectivity index (χ4v) is 1.64. The number of amides is 3. The second kappa shape index (κ2) is 4.28. The third kappa shape index (κ3) is 2.05. The molecule has 1 saturated heterocycles. The minimum Gasteiger partial charge on any atom is -0.303 e. The highest BCUT2D eigenvalue weighted by atomic mass is 16.6. The van der Waals surface area contributed by atoms with Crippen molar-refractivity contribution in [2.24, 2.45) is 0 Å². The van der Waals surface area contributed by atoms with Crippen molar-refractivity contribution in [1.82, 2.24) is 10.6 Å². The van der Waals surface area contributed by atoms with Crippen LogP contribution in [0.25, 0.3) is 6.08 Å². The number of nitrogens with one attached hydrogen (secondary N) is 2. The van der Waals surface area contributed by atoms with Crippen LogP contribution in [0.4, 0.5) is 10.5 Å². The Kier molecular flexibility index (Phi) is 2.80. The molecule has 0 radical (unpaired) electrons. The molecule has 1 heterocycles. The lowest BCUT2D eigenvalue weighted by molar-refractivity contribution is -0.385. The first-order valence-corrected chi connectivity index (χ1v) is 5.07. The molecule has 1 aromatic carbocycles. The third-order valence-corrected chi connectivity index (χ3v) is 2.51. The average molecular weight is 247 g/mol. The van der Waals surface area contributed by atoms with Gasteiger partial charge in [0, 0.05) is 6.07 Å². The van der Waals surface area contributed by atoms with Gasteiger partial charge in [-0.3, -0.25) is 20.2 Å². The number of hydrogen-bond donors (Lipinski definition) is 2. The number of nitro groups is 1. The molecule has 7 heteroatoms. The van der Waals surface area contributed by atoms with Crippen LogP contribution in [0.5, 0.6) is 0 Å². The molecule has 0 spiro atoms. The summed E-state index contributed by atoms with van der Waals surface area (Å²) in [5.41, 5.74) is 0.828. The zero-order valence-corrected chi connectivity index (χ0v) is 9.39. The first kappa shape index (κ1) is 11.8. The number of aryl methyl sites for hydroxylation is 1. The molecule has 0 aromatic heterocycles. The van der Waals surface area contributed by atoms with Crippen LogP contribution in [0.3, 0.4) is 0 Å². The predicted molar refractivity (Wildman–Crippen MR) is 62.5 cm³/mol. The minimum atomic E-state index is -0.637. The highest BCUT2D eigenvalue weighted by Gasteiger charge is 2.24. The number of benzene rings is 1. The summed E-state index contributed by atoms with van der Waals surface area (Å²) in [6, 6.07) is 3.95. The van der Waals surface area contributed by atoms with E-state index in [-0.39, 0.29) is 11.4 Å². The molecule has 0 atom stereocenters. The van der Waals surface area contributed by atoms with Gasteiger partial charge in [0.05, 0.1) is 10.5 Å². The van der Waals surface area contributed by atoms with Crippen molar-refractivity contribution in [2.45, 2.75) is 6.92 Å². The fraction of sp³-hybridized carbons (Fsp3) is 0.0909. The highest BCUT2D eigenvalue weighted by molar-refractivity contribution is 6.14. The van der Waals surface area contributed by atoms with E-state index < -0.39 is 16.9 Å². The van der Waals surface area contributed by atoms with Gasteiger partial charge < -0.3 is 5.32 Å². The van der Waals surface area contributed by atoms with Crippen molar-refractivity contribution >= 4 is 23.7 Å². The standard InChI is InChI=1S/C11H9N3O4/c1-6-3-2-4-9(14(17)18)7(6)5-8-10(15)13-11(16)12-8/h2-5H,1H3,(H2,12,13,15,16)/b8-5-. The maximum Gasteiger partial charge on any atom is 0.326 e. The van der Waals surface area contributed by atoms with Crippen LogP contribution < -0.4 is 10.6 Å². The zero-order valence-electron chi connectivity index (χ0n) is 9.39. The Balaban J connectivity index is 2.52. The van der Waals surface area contributed by atoms with Crippen LogP contribution in [0.15, 0.2) is 23.9 Å². The quantitative estimate of drug-likeness (QED) is 0.353. The van der Waals surface area contributed by atoms with Crippen molar-refractivity contribution in [3.8, 4) is 0 Å². The van der Waals surface area contributed by atoms with Crippen molar-refractivity contribution in [3.05, 3.63) is 45.1 Å². The van der Waals surface area contributed by atoms with E-state index >= 15 is 0 Å². The largest absolute Gasteiger partial charge is 0.326 e. The molecule has 3 amide bonds. The van der Waals surface area contributed by atoms with E-state index in [4.69, 9.17) is 0 Å². The first-order valence-electron chi connectivity index (χ1n) is 5.07. The molecule has 2 rings (SSSR count). The number of rotatable bonds is 2. The van der Waals surface area contributed by atoms with Crippen molar-refractivity contribution in [3.63, 3.8) is 0 Å². The summed E-state index contributed by atoms with van der Waals surface area (Å²) in [6.07, 6.45) is 1.30. The van der Waals surface area contributed by atoms with Gasteiger partial charge in [0.1, 0.15) is 5.70 Å². The summed E-state index contributed by atoms with van der Waals surface area (Å²) >= 11 is 0. The lowest BCUT2D eigenvalue weighted by Gasteiger charge is -2.02. The molecule has 1 aliphatic rings. The summed E-state index contributed by atoms with van der Waals surface area (Å²) in [7, 11) is 0. The number of hydrogen-bond acceptors (Lipinski definition) is 4. The van der Waals surface area contributed by atoms with Gasteiger partial charge in [-0.2, -0.15) is 0 Å². The Hall–Kier alpha value is -2.70. The summed E-state index contributed by atoms with van der Waals surface area (Å²) in [5, 5.41) is 15.2. The summed E-state index contributed by atoms with van der Waals surface area (Å²) in [5.74, 6) is -0.599. The molecule has 0 aliphatic carbocycles. The van der Waals surface area contributed by atoms with E-state index in [9.17, 15) is 19.7 Å². The number of urea groups is 1. The zero-order chi connectivity index (χ0) is 13.3. The van der Waals surface area contributed by atoms with Crippen LogP contribution in [-0.2, 0) is 4.79 Å². The van der Waals surface area contributed by atoms with Crippen LogP contribution in [0, 0.1) is 17.0 Å². The summed E-state index contributed by atoms with van der Waals surface area (Å²) < 4.78 is 0. The van der Waals surface area contributed by atoms with Crippen LogP contribution >= 0.6 is 0 Å². The van der Waals surface area contributed by atoms with Gasteiger partial charge >= 0.3 is 6.03 Å². The maximum absolute atomic E-state index is 11.3. The lowest BCUT2D eigenvalue weighted by atomic mass is 10.1. The molecule has 92 valence electrons. The first-order chi connectivity index (χ1) is 8.49. The van der Waals surface area contributed by atoms with E-state index in [2.05, 4.69) is 5.32 Å². The van der Waals surface area contributed by atoms with E-state index in [0.29, 0.717) is 11.1 Å². The SMILES string of the molecule is Cc1cccc([N+](=O)[O-])c1/C=C1\NC(=O)NC1=O. The topological polar surface area (TPSA) is 101 Å². The second-order valence-electron chi connectivity index (χ2n) is 3.73. The molecule has 0 saturated carbocycles. The second-order valence-corrected chi connectivity index (χ2v) is 3.73. The number of nitrogens with zero attached hydrogens (tertiary/aromatic N) is 1. The smallest absolute Gasteiger partial charge is 0.303 e.